The van der Waals surface area contributed by atoms with E-state index in [-0.39, 0.29) is 23.6 Å². The third-order valence-electron chi connectivity index (χ3n) is 3.05. The lowest BCUT2D eigenvalue weighted by Gasteiger charge is -2.08. The van der Waals surface area contributed by atoms with Gasteiger partial charge in [-0.15, -0.1) is 0 Å². The summed E-state index contributed by atoms with van der Waals surface area (Å²) >= 11 is 0. The average Bonchev–Trinajstić information content (AvgIpc) is 2.45. The van der Waals surface area contributed by atoms with Crippen LogP contribution in [0.4, 0.5) is 0 Å². The van der Waals surface area contributed by atoms with Crippen molar-refractivity contribution in [3.63, 3.8) is 0 Å². The van der Waals surface area contributed by atoms with Crippen LogP contribution in [0.15, 0.2) is 18.2 Å². The van der Waals surface area contributed by atoms with Crippen molar-refractivity contribution >= 4 is 11.9 Å². The molecule has 0 aromatic heterocycles. The highest BCUT2D eigenvalue weighted by Gasteiger charge is 2.11. The first-order chi connectivity index (χ1) is 10.0. The first-order valence-corrected chi connectivity index (χ1v) is 6.91. The van der Waals surface area contributed by atoms with E-state index in [4.69, 9.17) is 9.84 Å². The molecule has 0 bridgehead atoms. The third kappa shape index (κ3) is 6.16. The lowest BCUT2D eigenvalue weighted by molar-refractivity contribution is -0.137. The molecule has 1 amide bonds. The summed E-state index contributed by atoms with van der Waals surface area (Å²) in [4.78, 5) is 22.2. The quantitative estimate of drug-likeness (QED) is 0.607. The standard InChI is InChI=1S/C15H21NO5/c1-21-11-7-8-12(13(17)10-11)15(20)16-9-5-3-2-4-6-14(18)19/h7-8,10,17H,2-6,9H2,1H3,(H,16,20)(H,18,19). The fraction of sp³-hybridized carbons (Fsp3) is 0.467. The summed E-state index contributed by atoms with van der Waals surface area (Å²) in [5.74, 6) is -0.741. The zero-order valence-corrected chi connectivity index (χ0v) is 12.1. The first-order valence-electron chi connectivity index (χ1n) is 6.91. The summed E-state index contributed by atoms with van der Waals surface area (Å²) in [6, 6.07) is 4.51. The number of carboxylic acids is 1. The Morgan fingerprint density at radius 3 is 2.52 bits per heavy atom. The number of aliphatic carboxylic acids is 1. The molecular formula is C15H21NO5. The van der Waals surface area contributed by atoms with Crippen molar-refractivity contribution in [2.75, 3.05) is 13.7 Å². The fourth-order valence-electron chi connectivity index (χ4n) is 1.88. The fourth-order valence-corrected chi connectivity index (χ4v) is 1.88. The summed E-state index contributed by atoms with van der Waals surface area (Å²) < 4.78 is 4.95. The van der Waals surface area contributed by atoms with E-state index in [1.165, 1.54) is 19.2 Å². The van der Waals surface area contributed by atoms with Gasteiger partial charge in [0.05, 0.1) is 12.7 Å². The number of phenolic OH excluding ortho intramolecular Hbond substituents is 1. The Bertz CT molecular complexity index is 487. The van der Waals surface area contributed by atoms with Crippen molar-refractivity contribution in [1.29, 1.82) is 0 Å². The molecule has 6 heteroatoms. The highest BCUT2D eigenvalue weighted by molar-refractivity contribution is 5.96. The van der Waals surface area contributed by atoms with E-state index in [1.54, 1.807) is 6.07 Å². The van der Waals surface area contributed by atoms with Crippen molar-refractivity contribution in [2.45, 2.75) is 32.1 Å². The first kappa shape index (κ1) is 16.8. The van der Waals surface area contributed by atoms with E-state index in [9.17, 15) is 14.7 Å². The Morgan fingerprint density at radius 2 is 1.90 bits per heavy atom. The number of aromatic hydroxyl groups is 1. The van der Waals surface area contributed by atoms with Crippen LogP contribution in [0.25, 0.3) is 0 Å². The second-order valence-electron chi connectivity index (χ2n) is 4.70. The number of nitrogens with one attached hydrogen (secondary N) is 1. The van der Waals surface area contributed by atoms with Crippen LogP contribution in [0.2, 0.25) is 0 Å². The van der Waals surface area contributed by atoms with Gasteiger partial charge >= 0.3 is 5.97 Å². The lowest BCUT2D eigenvalue weighted by Crippen LogP contribution is -2.24. The Labute approximate surface area is 123 Å². The molecule has 0 atom stereocenters. The van der Waals surface area contributed by atoms with Gasteiger partial charge in [-0.2, -0.15) is 0 Å². The van der Waals surface area contributed by atoms with Crippen molar-refractivity contribution in [1.82, 2.24) is 5.32 Å². The van der Waals surface area contributed by atoms with Gasteiger partial charge in [-0.05, 0) is 25.0 Å². The van der Waals surface area contributed by atoms with Gasteiger partial charge in [-0.3, -0.25) is 9.59 Å². The van der Waals surface area contributed by atoms with E-state index in [0.717, 1.165) is 19.3 Å². The SMILES string of the molecule is COc1ccc(C(=O)NCCCCCCC(=O)O)c(O)c1. The van der Waals surface area contributed by atoms with Gasteiger partial charge in [0.25, 0.3) is 5.91 Å². The van der Waals surface area contributed by atoms with E-state index < -0.39 is 5.97 Å². The van der Waals surface area contributed by atoms with Crippen LogP contribution in [-0.4, -0.2) is 35.7 Å². The summed E-state index contributed by atoms with van der Waals surface area (Å²) in [7, 11) is 1.48. The lowest BCUT2D eigenvalue weighted by atomic mass is 10.1. The number of hydrogen-bond acceptors (Lipinski definition) is 4. The molecule has 1 aromatic rings. The Kier molecular flexibility index (Phi) is 7.08. The number of amides is 1. The van der Waals surface area contributed by atoms with E-state index in [2.05, 4.69) is 5.32 Å². The number of carbonyl (C=O) groups is 2. The molecule has 116 valence electrons. The van der Waals surface area contributed by atoms with Gasteiger partial charge < -0.3 is 20.3 Å². The number of carboxylic acid groups (broad SMARTS) is 1. The Balaban J connectivity index is 2.26. The highest BCUT2D eigenvalue weighted by atomic mass is 16.5. The van der Waals surface area contributed by atoms with Crippen molar-refractivity contribution in [3.8, 4) is 11.5 Å². The second-order valence-corrected chi connectivity index (χ2v) is 4.70. The number of rotatable bonds is 9. The normalized spacial score (nSPS) is 10.1. The van der Waals surface area contributed by atoms with Gasteiger partial charge in [0, 0.05) is 19.0 Å². The molecule has 1 rings (SSSR count). The summed E-state index contributed by atoms with van der Waals surface area (Å²) in [5.41, 5.74) is 0.210. The second kappa shape index (κ2) is 8.84. The minimum absolute atomic E-state index is 0.117. The van der Waals surface area contributed by atoms with Crippen LogP contribution in [0.5, 0.6) is 11.5 Å². The van der Waals surface area contributed by atoms with Crippen molar-refractivity contribution in [2.24, 2.45) is 0 Å². The van der Waals surface area contributed by atoms with Crippen LogP contribution in [0.1, 0.15) is 42.5 Å². The molecule has 0 saturated heterocycles. The minimum Gasteiger partial charge on any atom is -0.507 e. The predicted octanol–water partition coefficient (Wildman–Crippen LogP) is 2.17. The smallest absolute Gasteiger partial charge is 0.303 e. The van der Waals surface area contributed by atoms with Gasteiger partial charge in [-0.1, -0.05) is 12.8 Å². The molecule has 0 heterocycles. The maximum Gasteiger partial charge on any atom is 0.303 e. The van der Waals surface area contributed by atoms with Crippen LogP contribution >= 0.6 is 0 Å². The minimum atomic E-state index is -0.779. The molecule has 0 spiro atoms. The molecule has 1 aromatic carbocycles. The molecule has 0 saturated carbocycles. The third-order valence-corrected chi connectivity index (χ3v) is 3.05. The van der Waals surface area contributed by atoms with Crippen LogP contribution in [0.3, 0.4) is 0 Å². The van der Waals surface area contributed by atoms with Gasteiger partial charge in [0.15, 0.2) is 0 Å². The largest absolute Gasteiger partial charge is 0.507 e. The van der Waals surface area contributed by atoms with Crippen LogP contribution in [0, 0.1) is 0 Å². The van der Waals surface area contributed by atoms with Crippen molar-refractivity contribution in [3.05, 3.63) is 23.8 Å². The molecule has 0 aliphatic carbocycles. The van der Waals surface area contributed by atoms with Crippen molar-refractivity contribution < 1.29 is 24.5 Å². The molecule has 6 nitrogen and oxygen atoms in total. The number of unbranched alkanes of at least 4 members (excludes halogenated alkanes) is 3. The summed E-state index contributed by atoms with van der Waals surface area (Å²) in [5, 5.41) is 20.9. The van der Waals surface area contributed by atoms with Crippen LogP contribution < -0.4 is 10.1 Å². The topological polar surface area (TPSA) is 95.9 Å². The number of hydrogen-bond donors (Lipinski definition) is 3. The van der Waals surface area contributed by atoms with Gasteiger partial charge in [-0.25, -0.2) is 0 Å². The Hall–Kier alpha value is -2.24. The summed E-state index contributed by atoms with van der Waals surface area (Å²) in [6.07, 6.45) is 3.31. The molecule has 0 aliphatic rings. The van der Waals surface area contributed by atoms with Gasteiger partial charge in [0.1, 0.15) is 11.5 Å². The predicted molar refractivity (Wildman–Crippen MR) is 77.7 cm³/mol. The molecule has 21 heavy (non-hydrogen) atoms. The van der Waals surface area contributed by atoms with E-state index in [1.807, 2.05) is 0 Å². The zero-order valence-electron chi connectivity index (χ0n) is 12.1. The van der Waals surface area contributed by atoms with E-state index in [0.29, 0.717) is 18.7 Å². The zero-order chi connectivity index (χ0) is 15.7. The average molecular weight is 295 g/mol. The molecule has 0 radical (unpaired) electrons. The van der Waals surface area contributed by atoms with Crippen LogP contribution in [-0.2, 0) is 4.79 Å². The number of carbonyl (C=O) groups excluding carboxylic acids is 1. The van der Waals surface area contributed by atoms with E-state index >= 15 is 0 Å². The molecule has 0 unspecified atom stereocenters. The molecule has 0 fully saturated rings. The number of ether oxygens (including phenoxy) is 1. The number of benzene rings is 1. The Morgan fingerprint density at radius 1 is 1.19 bits per heavy atom. The highest BCUT2D eigenvalue weighted by Crippen LogP contribution is 2.23. The molecule has 0 aliphatic heterocycles. The monoisotopic (exact) mass is 295 g/mol. The van der Waals surface area contributed by atoms with Gasteiger partial charge in [0.2, 0.25) is 0 Å². The maximum absolute atomic E-state index is 11.9. The molecule has 3 N–H and O–H groups in total. The molecular weight excluding hydrogens is 274 g/mol. The maximum atomic E-state index is 11.9. The summed E-state index contributed by atoms with van der Waals surface area (Å²) in [6.45, 7) is 0.497. The number of phenols is 1. The number of methoxy groups -OCH3 is 1.